The Labute approximate surface area is 164 Å². The Morgan fingerprint density at radius 3 is 2.31 bits per heavy atom. The predicted molar refractivity (Wildman–Crippen MR) is 93.9 cm³/mol. The highest BCUT2D eigenvalue weighted by atomic mass is 32.2. The van der Waals surface area contributed by atoms with Crippen molar-refractivity contribution in [2.75, 3.05) is 6.79 Å². The monoisotopic (exact) mass is 431 g/mol. The van der Waals surface area contributed by atoms with E-state index in [0.717, 1.165) is 30.0 Å². The molecule has 3 nitrogen and oxygen atoms in total. The molecule has 0 saturated carbocycles. The van der Waals surface area contributed by atoms with E-state index in [2.05, 4.69) is 4.98 Å². The largest absolute Gasteiger partial charge is 0.454 e. The Bertz CT molecular complexity index is 1080. The maximum absolute atomic E-state index is 13.6. The van der Waals surface area contributed by atoms with Crippen LogP contribution in [0.25, 0.3) is 10.9 Å². The summed E-state index contributed by atoms with van der Waals surface area (Å²) in [5.41, 5.74) is -1.32. The Hall–Kier alpha value is -2.62. The lowest BCUT2D eigenvalue weighted by Gasteiger charge is -2.13. The van der Waals surface area contributed by atoms with Crippen LogP contribution in [0.1, 0.15) is 16.7 Å². The average molecular weight is 431 g/mol. The van der Waals surface area contributed by atoms with Gasteiger partial charge in [0.15, 0.2) is 11.5 Å². The van der Waals surface area contributed by atoms with Gasteiger partial charge in [0.2, 0.25) is 6.79 Å². The number of hydrogen-bond donors (Lipinski definition) is 0. The number of aromatic nitrogens is 1. The Morgan fingerprint density at radius 1 is 0.897 bits per heavy atom. The number of alkyl halides is 6. The number of thioether (sulfide) groups is 1. The average Bonchev–Trinajstić information content (AvgIpc) is 3.10. The molecule has 0 fully saturated rings. The third kappa shape index (κ3) is 4.07. The quantitative estimate of drug-likeness (QED) is 0.360. The minimum absolute atomic E-state index is 0.0320. The lowest BCUT2D eigenvalue weighted by atomic mass is 10.1. The molecule has 29 heavy (non-hydrogen) atoms. The van der Waals surface area contributed by atoms with E-state index in [0.29, 0.717) is 5.56 Å². The first-order valence-corrected chi connectivity index (χ1v) is 9.20. The number of benzene rings is 2. The van der Waals surface area contributed by atoms with Crippen LogP contribution in [0.3, 0.4) is 0 Å². The van der Waals surface area contributed by atoms with Crippen LogP contribution in [0.2, 0.25) is 0 Å². The van der Waals surface area contributed by atoms with Gasteiger partial charge in [0, 0.05) is 17.2 Å². The molecule has 0 bridgehead atoms. The number of fused-ring (bicyclic) bond motifs is 2. The van der Waals surface area contributed by atoms with Gasteiger partial charge in [-0.2, -0.15) is 26.3 Å². The summed E-state index contributed by atoms with van der Waals surface area (Å²) in [6.07, 6.45) is -9.13. The first-order chi connectivity index (χ1) is 13.6. The molecule has 2 heterocycles. The number of nitrogens with zero attached hydrogens (tertiary/aromatic N) is 1. The van der Waals surface area contributed by atoms with E-state index in [1.54, 1.807) is 0 Å². The van der Waals surface area contributed by atoms with Crippen LogP contribution in [0.15, 0.2) is 47.5 Å². The normalized spacial score (nSPS) is 13.9. The topological polar surface area (TPSA) is 31.4 Å². The van der Waals surface area contributed by atoms with Gasteiger partial charge >= 0.3 is 12.4 Å². The molecule has 3 aromatic rings. The summed E-state index contributed by atoms with van der Waals surface area (Å²) in [6, 6.07) is 8.13. The zero-order chi connectivity index (χ0) is 20.8. The lowest BCUT2D eigenvalue weighted by molar-refractivity contribution is -0.138. The van der Waals surface area contributed by atoms with Gasteiger partial charge in [-0.25, -0.2) is 4.98 Å². The van der Waals surface area contributed by atoms with Crippen molar-refractivity contribution in [2.45, 2.75) is 23.1 Å². The highest BCUT2D eigenvalue weighted by Gasteiger charge is 2.34. The smallest absolute Gasteiger partial charge is 0.417 e. The molecule has 1 aliphatic heterocycles. The van der Waals surface area contributed by atoms with Gasteiger partial charge in [0.1, 0.15) is 0 Å². The third-order valence-electron chi connectivity index (χ3n) is 4.23. The summed E-state index contributed by atoms with van der Waals surface area (Å²) in [4.78, 5) is 4.22. The van der Waals surface area contributed by atoms with E-state index in [-0.39, 0.29) is 40.0 Å². The number of halogens is 6. The molecule has 152 valence electrons. The van der Waals surface area contributed by atoms with E-state index < -0.39 is 23.5 Å². The molecule has 0 aliphatic carbocycles. The minimum Gasteiger partial charge on any atom is -0.454 e. The van der Waals surface area contributed by atoms with Crippen LogP contribution in [0.4, 0.5) is 26.3 Å². The molecule has 0 unspecified atom stereocenters. The van der Waals surface area contributed by atoms with E-state index >= 15 is 0 Å². The summed E-state index contributed by atoms with van der Waals surface area (Å²) in [5.74, 6) is 0.525. The van der Waals surface area contributed by atoms with E-state index in [1.165, 1.54) is 24.3 Å². The molecule has 0 atom stereocenters. The standard InChI is InChI=1S/C19H11F6NO2S/c20-18(21,22)11-3-1-2-10(4-11)8-29-17-6-13(19(23,24)25)12-5-15-16(28-9-27-15)7-14(12)26-17/h1-7H,8-9H2. The Morgan fingerprint density at radius 2 is 1.62 bits per heavy atom. The van der Waals surface area contributed by atoms with E-state index in [4.69, 9.17) is 9.47 Å². The highest BCUT2D eigenvalue weighted by Crippen LogP contribution is 2.42. The van der Waals surface area contributed by atoms with E-state index in [1.807, 2.05) is 0 Å². The maximum Gasteiger partial charge on any atom is 0.417 e. The second kappa shape index (κ2) is 7.01. The molecule has 0 N–H and O–H groups in total. The number of rotatable bonds is 3. The van der Waals surface area contributed by atoms with Crippen LogP contribution in [0, 0.1) is 0 Å². The van der Waals surface area contributed by atoms with Crippen molar-refractivity contribution in [3.05, 3.63) is 59.2 Å². The Balaban J connectivity index is 1.68. The SMILES string of the molecule is FC(F)(F)c1cccc(CSc2cc(C(F)(F)F)c3cc4c(cc3n2)OCO4)c1. The van der Waals surface area contributed by atoms with Crippen LogP contribution in [0.5, 0.6) is 11.5 Å². The van der Waals surface area contributed by atoms with Crippen molar-refractivity contribution >= 4 is 22.7 Å². The molecule has 10 heteroatoms. The fraction of sp³-hybridized carbons (Fsp3) is 0.211. The molecule has 0 radical (unpaired) electrons. The summed E-state index contributed by atoms with van der Waals surface area (Å²) >= 11 is 0.921. The zero-order valence-corrected chi connectivity index (χ0v) is 15.2. The number of hydrogen-bond acceptors (Lipinski definition) is 4. The first-order valence-electron chi connectivity index (χ1n) is 8.22. The molecule has 0 saturated heterocycles. The van der Waals surface area contributed by atoms with Gasteiger partial charge in [-0.15, -0.1) is 11.8 Å². The maximum atomic E-state index is 13.6. The van der Waals surface area contributed by atoms with Gasteiger partial charge in [-0.05, 0) is 23.8 Å². The molecule has 4 rings (SSSR count). The van der Waals surface area contributed by atoms with Crippen LogP contribution >= 0.6 is 11.8 Å². The van der Waals surface area contributed by atoms with Gasteiger partial charge in [0.25, 0.3) is 0 Å². The number of pyridine rings is 1. The highest BCUT2D eigenvalue weighted by molar-refractivity contribution is 7.98. The zero-order valence-electron chi connectivity index (χ0n) is 14.4. The first kappa shape index (κ1) is 19.7. The second-order valence-corrected chi connectivity index (χ2v) is 7.21. The molecule has 1 aromatic heterocycles. The summed E-state index contributed by atoms with van der Waals surface area (Å²) in [6.45, 7) is -0.0931. The Kier molecular flexibility index (Phi) is 4.76. The molecule has 1 aliphatic rings. The van der Waals surface area contributed by atoms with Gasteiger partial charge in [-0.3, -0.25) is 0 Å². The van der Waals surface area contributed by atoms with Gasteiger partial charge in [0.05, 0.1) is 21.7 Å². The fourth-order valence-corrected chi connectivity index (χ4v) is 3.75. The number of ether oxygens (including phenoxy) is 2. The van der Waals surface area contributed by atoms with Crippen molar-refractivity contribution in [3.63, 3.8) is 0 Å². The van der Waals surface area contributed by atoms with E-state index in [9.17, 15) is 26.3 Å². The summed E-state index contributed by atoms with van der Waals surface area (Å²) < 4.78 is 89.5. The second-order valence-electron chi connectivity index (χ2n) is 6.22. The van der Waals surface area contributed by atoms with Crippen molar-refractivity contribution in [3.8, 4) is 11.5 Å². The lowest BCUT2D eigenvalue weighted by Crippen LogP contribution is -2.07. The predicted octanol–water partition coefficient (Wildman–Crippen LogP) is 6.29. The fourth-order valence-electron chi connectivity index (χ4n) is 2.89. The molecular formula is C19H11F6NO2S. The molecule has 0 spiro atoms. The van der Waals surface area contributed by atoms with Crippen molar-refractivity contribution in [1.82, 2.24) is 4.98 Å². The minimum atomic E-state index is -4.64. The van der Waals surface area contributed by atoms with Crippen LogP contribution < -0.4 is 9.47 Å². The van der Waals surface area contributed by atoms with Crippen LogP contribution in [-0.2, 0) is 18.1 Å². The van der Waals surface area contributed by atoms with Gasteiger partial charge in [-0.1, -0.05) is 18.2 Å². The molecule has 2 aromatic carbocycles. The van der Waals surface area contributed by atoms with Gasteiger partial charge < -0.3 is 9.47 Å². The summed E-state index contributed by atoms with van der Waals surface area (Å²) in [7, 11) is 0. The van der Waals surface area contributed by atoms with Crippen molar-refractivity contribution < 1.29 is 35.8 Å². The third-order valence-corrected chi connectivity index (χ3v) is 5.21. The van der Waals surface area contributed by atoms with Crippen molar-refractivity contribution in [2.24, 2.45) is 0 Å². The van der Waals surface area contributed by atoms with Crippen LogP contribution in [-0.4, -0.2) is 11.8 Å². The van der Waals surface area contributed by atoms with Crippen molar-refractivity contribution in [1.29, 1.82) is 0 Å². The summed E-state index contributed by atoms with van der Waals surface area (Å²) in [5, 5.41) is -0.0914. The molecular weight excluding hydrogens is 420 g/mol. The molecule has 0 amide bonds.